The molecule has 2 aromatic rings. The van der Waals surface area contributed by atoms with E-state index < -0.39 is 22.0 Å². The summed E-state index contributed by atoms with van der Waals surface area (Å²) in [5.41, 5.74) is 1.88. The van der Waals surface area contributed by atoms with Gasteiger partial charge < -0.3 is 10.6 Å². The zero-order valence-corrected chi connectivity index (χ0v) is 17.0. The summed E-state index contributed by atoms with van der Waals surface area (Å²) in [7, 11) is -3.97. The van der Waals surface area contributed by atoms with E-state index in [-0.39, 0.29) is 10.6 Å². The molecule has 2 heterocycles. The Morgan fingerprint density at radius 1 is 1.34 bits per heavy atom. The van der Waals surface area contributed by atoms with Gasteiger partial charge in [0.25, 0.3) is 0 Å². The highest BCUT2D eigenvalue weighted by Crippen LogP contribution is 2.40. The lowest BCUT2D eigenvalue weighted by atomic mass is 10.2. The van der Waals surface area contributed by atoms with E-state index in [1.807, 2.05) is 19.1 Å². The molecule has 1 atom stereocenters. The lowest BCUT2D eigenvalue weighted by molar-refractivity contribution is -0.117. The summed E-state index contributed by atoms with van der Waals surface area (Å²) in [4.78, 5) is 20.6. The predicted molar refractivity (Wildman–Crippen MR) is 108 cm³/mol. The summed E-state index contributed by atoms with van der Waals surface area (Å²) in [6.45, 7) is 4.15. The number of anilines is 2. The van der Waals surface area contributed by atoms with E-state index in [2.05, 4.69) is 25.3 Å². The largest absolute Gasteiger partial charge is 0.385 e. The highest BCUT2D eigenvalue weighted by molar-refractivity contribution is 7.89. The van der Waals surface area contributed by atoms with E-state index in [1.165, 1.54) is 19.1 Å². The van der Waals surface area contributed by atoms with E-state index >= 15 is 0 Å². The maximum atomic E-state index is 12.5. The monoisotopic (exact) mass is 414 g/mol. The number of amides is 1. The SMILES string of the molecule is CCNc1cc(NC(=O)C(C)NS(=O)(=O)c2ccc(C#N)nc2)nc(C2CC2)c1. The average molecular weight is 414 g/mol. The Morgan fingerprint density at radius 3 is 2.69 bits per heavy atom. The molecule has 9 nitrogen and oxygen atoms in total. The highest BCUT2D eigenvalue weighted by atomic mass is 32.2. The Labute approximate surface area is 169 Å². The van der Waals surface area contributed by atoms with Crippen LogP contribution in [0.3, 0.4) is 0 Å². The molecule has 152 valence electrons. The minimum absolute atomic E-state index is 0.104. The van der Waals surface area contributed by atoms with E-state index in [4.69, 9.17) is 5.26 Å². The van der Waals surface area contributed by atoms with Gasteiger partial charge in [-0.3, -0.25) is 4.79 Å². The average Bonchev–Trinajstić information content (AvgIpc) is 3.53. The van der Waals surface area contributed by atoms with Gasteiger partial charge >= 0.3 is 0 Å². The summed E-state index contributed by atoms with van der Waals surface area (Å²) in [6.07, 6.45) is 3.23. The van der Waals surface area contributed by atoms with Crippen molar-refractivity contribution in [3.8, 4) is 6.07 Å². The molecule has 10 heteroatoms. The van der Waals surface area contributed by atoms with Crippen molar-refractivity contribution in [2.45, 2.75) is 43.5 Å². The Balaban J connectivity index is 1.70. The van der Waals surface area contributed by atoms with Gasteiger partial charge in [0, 0.05) is 36.1 Å². The van der Waals surface area contributed by atoms with Gasteiger partial charge in [0.15, 0.2) is 0 Å². The molecule has 1 saturated carbocycles. The number of nitriles is 1. The second-order valence-electron chi connectivity index (χ2n) is 6.79. The summed E-state index contributed by atoms with van der Waals surface area (Å²) in [5, 5.41) is 14.6. The molecule has 0 radical (unpaired) electrons. The molecule has 0 spiro atoms. The third kappa shape index (κ3) is 5.28. The van der Waals surface area contributed by atoms with Crippen LogP contribution in [0.5, 0.6) is 0 Å². The molecule has 0 aromatic carbocycles. The van der Waals surface area contributed by atoms with Crippen molar-refractivity contribution in [2.24, 2.45) is 0 Å². The van der Waals surface area contributed by atoms with Crippen molar-refractivity contribution in [3.63, 3.8) is 0 Å². The van der Waals surface area contributed by atoms with Crippen molar-refractivity contribution in [1.82, 2.24) is 14.7 Å². The summed E-state index contributed by atoms with van der Waals surface area (Å²) < 4.78 is 27.2. The van der Waals surface area contributed by atoms with Crippen molar-refractivity contribution in [3.05, 3.63) is 41.9 Å². The first-order valence-electron chi connectivity index (χ1n) is 9.27. The third-order valence-electron chi connectivity index (χ3n) is 4.36. The minimum Gasteiger partial charge on any atom is -0.385 e. The lowest BCUT2D eigenvalue weighted by Gasteiger charge is -2.15. The van der Waals surface area contributed by atoms with Crippen LogP contribution in [-0.4, -0.2) is 36.9 Å². The van der Waals surface area contributed by atoms with Crippen LogP contribution >= 0.6 is 0 Å². The predicted octanol–water partition coefficient (Wildman–Crippen LogP) is 1.96. The second-order valence-corrected chi connectivity index (χ2v) is 8.51. The lowest BCUT2D eigenvalue weighted by Crippen LogP contribution is -2.41. The molecule has 2 aromatic heterocycles. The number of sulfonamides is 1. The fourth-order valence-corrected chi connectivity index (χ4v) is 3.85. The summed E-state index contributed by atoms with van der Waals surface area (Å²) in [5.74, 6) is 0.253. The summed E-state index contributed by atoms with van der Waals surface area (Å²) >= 11 is 0. The molecule has 0 bridgehead atoms. The number of hydrogen-bond acceptors (Lipinski definition) is 7. The molecule has 1 aliphatic rings. The van der Waals surface area contributed by atoms with Crippen molar-refractivity contribution >= 4 is 27.4 Å². The van der Waals surface area contributed by atoms with Gasteiger partial charge in [-0.25, -0.2) is 18.4 Å². The van der Waals surface area contributed by atoms with Gasteiger partial charge in [0.2, 0.25) is 15.9 Å². The van der Waals surface area contributed by atoms with Crippen LogP contribution in [-0.2, 0) is 14.8 Å². The molecule has 1 unspecified atom stereocenters. The Hall–Kier alpha value is -3.03. The first kappa shape index (κ1) is 20.7. The maximum absolute atomic E-state index is 12.5. The molecular formula is C19H22N6O3S. The van der Waals surface area contributed by atoms with Gasteiger partial charge in [-0.15, -0.1) is 0 Å². The fourth-order valence-electron chi connectivity index (χ4n) is 2.70. The third-order valence-corrected chi connectivity index (χ3v) is 5.89. The zero-order chi connectivity index (χ0) is 21.0. The van der Waals surface area contributed by atoms with Gasteiger partial charge in [-0.2, -0.15) is 9.98 Å². The quantitative estimate of drug-likeness (QED) is 0.600. The summed E-state index contributed by atoms with van der Waals surface area (Å²) in [6, 6.07) is 7.04. The number of nitrogens with zero attached hydrogens (tertiary/aromatic N) is 3. The van der Waals surface area contributed by atoms with Crippen LogP contribution in [0.4, 0.5) is 11.5 Å². The first-order chi connectivity index (χ1) is 13.8. The first-order valence-corrected chi connectivity index (χ1v) is 10.8. The smallest absolute Gasteiger partial charge is 0.243 e. The number of pyridine rings is 2. The van der Waals surface area contributed by atoms with Crippen LogP contribution < -0.4 is 15.4 Å². The number of aromatic nitrogens is 2. The highest BCUT2D eigenvalue weighted by Gasteiger charge is 2.27. The molecule has 3 rings (SSSR count). The zero-order valence-electron chi connectivity index (χ0n) is 16.1. The Bertz CT molecular complexity index is 1040. The van der Waals surface area contributed by atoms with E-state index in [1.54, 1.807) is 6.07 Å². The second kappa shape index (κ2) is 8.55. The topological polar surface area (TPSA) is 137 Å². The van der Waals surface area contributed by atoms with Crippen LogP contribution in [0.2, 0.25) is 0 Å². The van der Waals surface area contributed by atoms with Crippen LogP contribution in [0.25, 0.3) is 0 Å². The Kier molecular flexibility index (Phi) is 6.10. The standard InChI is InChI=1S/C19H22N6O3S/c1-3-21-15-8-17(13-4-5-13)23-18(9-15)24-19(26)12(2)25-29(27,28)16-7-6-14(10-20)22-11-16/h6-9,11-13,25H,3-5H2,1-2H3,(H2,21,23,24,26). The fraction of sp³-hybridized carbons (Fsp3) is 0.368. The molecular weight excluding hydrogens is 392 g/mol. The van der Waals surface area contributed by atoms with E-state index in [0.717, 1.165) is 37.0 Å². The number of rotatable bonds is 8. The van der Waals surface area contributed by atoms with E-state index in [0.29, 0.717) is 11.7 Å². The minimum atomic E-state index is -3.97. The Morgan fingerprint density at radius 2 is 2.10 bits per heavy atom. The van der Waals surface area contributed by atoms with Gasteiger partial charge in [0.05, 0.1) is 6.04 Å². The van der Waals surface area contributed by atoms with Crippen molar-refractivity contribution in [1.29, 1.82) is 5.26 Å². The molecule has 1 aliphatic carbocycles. The maximum Gasteiger partial charge on any atom is 0.243 e. The van der Waals surface area contributed by atoms with Gasteiger partial charge in [0.1, 0.15) is 22.5 Å². The number of carbonyl (C=O) groups excluding carboxylic acids is 1. The van der Waals surface area contributed by atoms with Crippen LogP contribution in [0.15, 0.2) is 35.4 Å². The number of hydrogen-bond donors (Lipinski definition) is 3. The normalized spacial score (nSPS) is 14.7. The van der Waals surface area contributed by atoms with E-state index in [9.17, 15) is 13.2 Å². The molecule has 29 heavy (non-hydrogen) atoms. The van der Waals surface area contributed by atoms with Crippen LogP contribution in [0, 0.1) is 11.3 Å². The number of nitrogens with one attached hydrogen (secondary N) is 3. The number of carbonyl (C=O) groups is 1. The molecule has 0 saturated heterocycles. The van der Waals surface area contributed by atoms with Gasteiger partial charge in [-0.1, -0.05) is 0 Å². The van der Waals surface area contributed by atoms with Gasteiger partial charge in [-0.05, 0) is 44.9 Å². The molecule has 1 fully saturated rings. The van der Waals surface area contributed by atoms with Crippen LogP contribution in [0.1, 0.15) is 44.0 Å². The molecule has 3 N–H and O–H groups in total. The molecule has 0 aliphatic heterocycles. The van der Waals surface area contributed by atoms with Crippen molar-refractivity contribution < 1.29 is 13.2 Å². The molecule has 1 amide bonds. The van der Waals surface area contributed by atoms with Crippen molar-refractivity contribution in [2.75, 3.05) is 17.2 Å².